The third kappa shape index (κ3) is 8.94. The van der Waals surface area contributed by atoms with E-state index in [-0.39, 0.29) is 27.6 Å². The van der Waals surface area contributed by atoms with Gasteiger partial charge in [-0.2, -0.15) is 0 Å². The fourth-order valence-corrected chi connectivity index (χ4v) is 8.50. The molecule has 0 aliphatic rings. The Kier molecular flexibility index (Phi) is 11.7. The minimum absolute atomic E-state index is 0.0163. The number of rotatable bonds is 13. The summed E-state index contributed by atoms with van der Waals surface area (Å²) in [5.41, 5.74) is 3.87. The first-order chi connectivity index (χ1) is 20.0. The normalized spacial score (nSPS) is 13.2. The van der Waals surface area contributed by atoms with Crippen molar-refractivity contribution in [1.29, 1.82) is 0 Å². The smallest absolute Gasteiger partial charge is 0.330 e. The fraction of sp³-hybridized carbons (Fsp3) is 0.564. The van der Waals surface area contributed by atoms with Crippen LogP contribution < -0.4 is 0 Å². The van der Waals surface area contributed by atoms with Gasteiger partial charge in [-0.25, -0.2) is 4.79 Å². The summed E-state index contributed by atoms with van der Waals surface area (Å²) in [4.78, 5) is 18.3. The highest BCUT2D eigenvalue weighted by Crippen LogP contribution is 2.52. The number of hydrogen-bond donors (Lipinski definition) is 0. The number of ether oxygens (including phenoxy) is 1. The summed E-state index contributed by atoms with van der Waals surface area (Å²) in [5, 5.41) is 0. The lowest BCUT2D eigenvalue weighted by molar-refractivity contribution is -0.137. The molecule has 3 aromatic rings. The first-order valence-corrected chi connectivity index (χ1v) is 17.8. The van der Waals surface area contributed by atoms with Crippen molar-refractivity contribution < 1.29 is 9.53 Å². The highest BCUT2D eigenvalue weighted by atomic mass is 32.1. The van der Waals surface area contributed by atoms with Crippen LogP contribution in [-0.4, -0.2) is 12.6 Å². The van der Waals surface area contributed by atoms with E-state index in [0.717, 1.165) is 18.4 Å². The quantitative estimate of drug-likeness (QED) is 0.108. The number of esters is 1. The van der Waals surface area contributed by atoms with Gasteiger partial charge >= 0.3 is 5.97 Å². The number of unbranched alkanes of at least 4 members (excludes halogenated alkanes) is 3. The van der Waals surface area contributed by atoms with Crippen LogP contribution in [0.2, 0.25) is 0 Å². The molecule has 0 fully saturated rings. The van der Waals surface area contributed by atoms with Crippen LogP contribution in [0.25, 0.3) is 6.08 Å². The second kappa shape index (κ2) is 14.3. The van der Waals surface area contributed by atoms with Gasteiger partial charge in [-0.15, -0.1) is 22.7 Å². The second-order valence-corrected chi connectivity index (χ2v) is 17.3. The van der Waals surface area contributed by atoms with E-state index in [2.05, 4.69) is 88.3 Å². The third-order valence-corrected chi connectivity index (χ3v) is 12.8. The Hall–Kier alpha value is -2.17. The van der Waals surface area contributed by atoms with E-state index >= 15 is 0 Å². The van der Waals surface area contributed by atoms with Crippen molar-refractivity contribution in [2.75, 3.05) is 6.61 Å². The summed E-state index contributed by atoms with van der Waals surface area (Å²) in [5.74, 6) is -0.295. The number of carbonyl (C=O) groups is 1. The molecule has 0 aliphatic heterocycles. The molecule has 0 N–H and O–H groups in total. The minimum Gasteiger partial charge on any atom is -0.462 e. The minimum atomic E-state index is -0.295. The van der Waals surface area contributed by atoms with Crippen LogP contribution in [0.1, 0.15) is 138 Å². The lowest BCUT2D eigenvalue weighted by Gasteiger charge is -2.41. The molecule has 0 saturated carbocycles. The Labute approximate surface area is 271 Å². The van der Waals surface area contributed by atoms with Crippen molar-refractivity contribution in [2.24, 2.45) is 0 Å². The van der Waals surface area contributed by atoms with E-state index in [4.69, 9.17) is 4.74 Å². The number of hydrogen-bond acceptors (Lipinski definition) is 4. The molecule has 0 atom stereocenters. The SMILES string of the molecule is CCCCCCc1cc(C(C)(C)C)sc1C(C)(C)C(C)(C)c1cc(CCOC(=O)C=Cc2ccccc2)c(C(C)(C)C)s1. The van der Waals surface area contributed by atoms with Crippen LogP contribution >= 0.6 is 22.7 Å². The number of carbonyl (C=O) groups excluding carboxylic acids is 1. The van der Waals surface area contributed by atoms with Crippen molar-refractivity contribution in [3.8, 4) is 0 Å². The molecular formula is C39H56O2S2. The molecule has 4 heteroatoms. The molecule has 43 heavy (non-hydrogen) atoms. The Morgan fingerprint density at radius 1 is 0.721 bits per heavy atom. The highest BCUT2D eigenvalue weighted by Gasteiger charge is 2.44. The third-order valence-electron chi connectivity index (χ3n) is 8.91. The summed E-state index contributed by atoms with van der Waals surface area (Å²) in [6.07, 6.45) is 10.4. The van der Waals surface area contributed by atoms with Gasteiger partial charge in [0, 0.05) is 42.8 Å². The largest absolute Gasteiger partial charge is 0.462 e. The molecule has 0 saturated heterocycles. The molecule has 0 radical (unpaired) electrons. The first kappa shape index (κ1) is 35.3. The zero-order valence-corrected chi connectivity index (χ0v) is 30.4. The number of aryl methyl sites for hydroxylation is 1. The average molecular weight is 621 g/mol. The lowest BCUT2D eigenvalue weighted by atomic mass is 9.65. The predicted octanol–water partition coefficient (Wildman–Crippen LogP) is 11.6. The topological polar surface area (TPSA) is 26.3 Å². The maximum absolute atomic E-state index is 12.5. The van der Waals surface area contributed by atoms with E-state index in [9.17, 15) is 4.79 Å². The average Bonchev–Trinajstić information content (AvgIpc) is 3.56. The molecule has 0 bridgehead atoms. The molecule has 0 amide bonds. The Bertz CT molecular complexity index is 1350. The zero-order valence-electron chi connectivity index (χ0n) is 28.8. The fourth-order valence-electron chi connectivity index (χ4n) is 5.44. The molecule has 2 heterocycles. The van der Waals surface area contributed by atoms with Crippen LogP contribution in [0, 0.1) is 0 Å². The molecule has 236 valence electrons. The number of benzene rings is 1. The monoisotopic (exact) mass is 620 g/mol. The maximum atomic E-state index is 12.5. The van der Waals surface area contributed by atoms with Gasteiger partial charge < -0.3 is 4.74 Å². The lowest BCUT2D eigenvalue weighted by Crippen LogP contribution is -2.39. The van der Waals surface area contributed by atoms with Gasteiger partial charge in [-0.1, -0.05) is 126 Å². The van der Waals surface area contributed by atoms with E-state index in [1.54, 1.807) is 10.4 Å². The van der Waals surface area contributed by atoms with Crippen molar-refractivity contribution in [3.05, 3.63) is 84.7 Å². The highest BCUT2D eigenvalue weighted by molar-refractivity contribution is 7.13. The Morgan fingerprint density at radius 2 is 1.33 bits per heavy atom. The van der Waals surface area contributed by atoms with Gasteiger partial charge in [0.15, 0.2) is 0 Å². The van der Waals surface area contributed by atoms with Crippen molar-refractivity contribution >= 4 is 34.7 Å². The van der Waals surface area contributed by atoms with E-state index in [1.807, 2.05) is 59.1 Å². The molecule has 1 aromatic carbocycles. The predicted molar refractivity (Wildman–Crippen MR) is 190 cm³/mol. The Morgan fingerprint density at radius 3 is 1.93 bits per heavy atom. The van der Waals surface area contributed by atoms with Gasteiger partial charge in [-0.05, 0) is 58.6 Å². The van der Waals surface area contributed by atoms with Gasteiger partial charge in [-0.3, -0.25) is 0 Å². The van der Waals surface area contributed by atoms with Gasteiger partial charge in [0.2, 0.25) is 0 Å². The van der Waals surface area contributed by atoms with E-state index in [1.165, 1.54) is 52.0 Å². The Balaban J connectivity index is 1.87. The van der Waals surface area contributed by atoms with Crippen LogP contribution in [0.3, 0.4) is 0 Å². The van der Waals surface area contributed by atoms with Gasteiger partial charge in [0.25, 0.3) is 0 Å². The summed E-state index contributed by atoms with van der Waals surface area (Å²) < 4.78 is 5.65. The maximum Gasteiger partial charge on any atom is 0.330 e. The first-order valence-electron chi connectivity index (χ1n) is 16.2. The van der Waals surface area contributed by atoms with E-state index < -0.39 is 0 Å². The second-order valence-electron chi connectivity index (χ2n) is 15.2. The van der Waals surface area contributed by atoms with Gasteiger partial charge in [0.05, 0.1) is 6.61 Å². The van der Waals surface area contributed by atoms with Crippen LogP contribution in [0.4, 0.5) is 0 Å². The zero-order chi connectivity index (χ0) is 32.1. The molecule has 0 spiro atoms. The molecule has 3 rings (SSSR count). The molecule has 0 aliphatic carbocycles. The van der Waals surface area contributed by atoms with Crippen LogP contribution in [-0.2, 0) is 44.0 Å². The van der Waals surface area contributed by atoms with Crippen molar-refractivity contribution in [1.82, 2.24) is 0 Å². The molecule has 2 nitrogen and oxygen atoms in total. The molecular weight excluding hydrogens is 565 g/mol. The molecule has 0 unspecified atom stereocenters. The van der Waals surface area contributed by atoms with Gasteiger partial charge in [0.1, 0.15) is 0 Å². The molecule has 2 aromatic heterocycles. The number of thiophene rings is 2. The van der Waals surface area contributed by atoms with Crippen molar-refractivity contribution in [2.45, 2.75) is 136 Å². The summed E-state index contributed by atoms with van der Waals surface area (Å²) in [7, 11) is 0. The standard InChI is InChI=1S/C39H56O2S2/c1-12-13-14-18-21-29-26-31(36(2,3)4)42-35(29)39(10,11)38(8,9)32-27-30(34(43-32)37(5,6)7)24-25-41-33(40)23-22-28-19-16-15-17-20-28/h15-17,19-20,22-23,26-27H,12-14,18,21,24-25H2,1-11H3. The van der Waals surface area contributed by atoms with E-state index in [0.29, 0.717) is 6.61 Å². The van der Waals surface area contributed by atoms with Crippen LogP contribution in [0.15, 0.2) is 48.5 Å². The summed E-state index contributed by atoms with van der Waals surface area (Å²) in [6, 6.07) is 14.8. The summed E-state index contributed by atoms with van der Waals surface area (Å²) in [6.45, 7) is 26.3. The van der Waals surface area contributed by atoms with Crippen LogP contribution in [0.5, 0.6) is 0 Å². The summed E-state index contributed by atoms with van der Waals surface area (Å²) >= 11 is 3.99. The van der Waals surface area contributed by atoms with Crippen molar-refractivity contribution in [3.63, 3.8) is 0 Å².